The molecule has 1 amide bonds. The lowest BCUT2D eigenvalue weighted by atomic mass is 10.1. The van der Waals surface area contributed by atoms with Gasteiger partial charge >= 0.3 is 0 Å². The summed E-state index contributed by atoms with van der Waals surface area (Å²) in [6, 6.07) is 13.5. The number of aromatic hydroxyl groups is 1. The third kappa shape index (κ3) is 4.75. The molecule has 0 unspecified atom stereocenters. The molecule has 0 spiro atoms. The van der Waals surface area contributed by atoms with E-state index in [9.17, 15) is 14.7 Å². The monoisotopic (exact) mass is 448 g/mol. The smallest absolute Gasteiger partial charge is 0.294 e. The van der Waals surface area contributed by atoms with Gasteiger partial charge in [0.15, 0.2) is 5.69 Å². The number of amides is 1. The van der Waals surface area contributed by atoms with Crippen LogP contribution in [0.1, 0.15) is 27.2 Å². The SMILES string of the molecule is Cc1ccc(CN(C)C(=O)c2nc(-c3ccccc3N3CCOCC3)[nH]c(=O)c2O)cc1C. The number of benzene rings is 2. The highest BCUT2D eigenvalue weighted by Crippen LogP contribution is 2.29. The Morgan fingerprint density at radius 2 is 1.88 bits per heavy atom. The summed E-state index contributed by atoms with van der Waals surface area (Å²) in [6.45, 7) is 7.02. The Hall–Kier alpha value is -3.65. The Bertz CT molecular complexity index is 1230. The molecule has 3 aromatic rings. The average Bonchev–Trinajstić information content (AvgIpc) is 2.83. The Balaban J connectivity index is 1.67. The molecule has 4 rings (SSSR count). The number of aromatic amines is 1. The number of rotatable bonds is 5. The summed E-state index contributed by atoms with van der Waals surface area (Å²) in [5, 5.41) is 10.4. The maximum atomic E-state index is 13.2. The standard InChI is InChI=1S/C25H28N4O4/c1-16-8-9-18(14-17(16)2)15-28(3)25(32)21-22(30)24(31)27-23(26-21)19-6-4-5-7-20(19)29-10-12-33-13-11-29/h4-9,14,30H,10-13,15H2,1-3H3,(H,26,27,31). The lowest BCUT2D eigenvalue weighted by Crippen LogP contribution is -2.36. The molecule has 8 nitrogen and oxygen atoms in total. The maximum absolute atomic E-state index is 13.2. The van der Waals surface area contributed by atoms with E-state index >= 15 is 0 Å². The molecule has 1 saturated heterocycles. The van der Waals surface area contributed by atoms with Gasteiger partial charge in [-0.2, -0.15) is 0 Å². The van der Waals surface area contributed by atoms with Crippen LogP contribution in [0.4, 0.5) is 5.69 Å². The Morgan fingerprint density at radius 1 is 1.15 bits per heavy atom. The van der Waals surface area contributed by atoms with Gasteiger partial charge < -0.3 is 24.6 Å². The van der Waals surface area contributed by atoms with E-state index in [0.29, 0.717) is 38.4 Å². The third-order valence-electron chi connectivity index (χ3n) is 5.95. The number of para-hydroxylation sites is 1. The topological polar surface area (TPSA) is 98.8 Å². The van der Waals surface area contributed by atoms with E-state index in [-0.39, 0.29) is 11.5 Å². The van der Waals surface area contributed by atoms with Gasteiger partial charge in [-0.15, -0.1) is 0 Å². The van der Waals surface area contributed by atoms with E-state index in [1.165, 1.54) is 10.5 Å². The number of ether oxygens (including phenoxy) is 1. The zero-order valence-electron chi connectivity index (χ0n) is 19.1. The van der Waals surface area contributed by atoms with Crippen LogP contribution in [0.25, 0.3) is 11.4 Å². The summed E-state index contributed by atoms with van der Waals surface area (Å²) in [7, 11) is 1.63. The molecule has 0 bridgehead atoms. The maximum Gasteiger partial charge on any atom is 0.294 e. The van der Waals surface area contributed by atoms with Crippen molar-refractivity contribution in [2.24, 2.45) is 0 Å². The van der Waals surface area contributed by atoms with Gasteiger partial charge in [0.2, 0.25) is 5.75 Å². The molecule has 0 saturated carbocycles. The van der Waals surface area contributed by atoms with E-state index in [1.807, 2.05) is 56.3 Å². The second-order valence-corrected chi connectivity index (χ2v) is 8.31. The summed E-state index contributed by atoms with van der Waals surface area (Å²) in [5.74, 6) is -0.968. The highest BCUT2D eigenvalue weighted by atomic mass is 16.5. The van der Waals surface area contributed by atoms with Crippen molar-refractivity contribution in [2.75, 3.05) is 38.3 Å². The molecule has 2 aromatic carbocycles. The number of anilines is 1. The molecule has 1 aliphatic heterocycles. The first-order chi connectivity index (χ1) is 15.8. The van der Waals surface area contributed by atoms with E-state index in [1.54, 1.807) is 7.05 Å². The van der Waals surface area contributed by atoms with Crippen molar-refractivity contribution in [1.82, 2.24) is 14.9 Å². The van der Waals surface area contributed by atoms with E-state index in [0.717, 1.165) is 16.8 Å². The van der Waals surface area contributed by atoms with Crippen molar-refractivity contribution in [2.45, 2.75) is 20.4 Å². The van der Waals surface area contributed by atoms with Crippen LogP contribution in [-0.4, -0.2) is 59.2 Å². The molecule has 172 valence electrons. The largest absolute Gasteiger partial charge is 0.501 e. The summed E-state index contributed by atoms with van der Waals surface area (Å²) in [5.41, 5.74) is 3.81. The summed E-state index contributed by atoms with van der Waals surface area (Å²) in [6.07, 6.45) is 0. The van der Waals surface area contributed by atoms with Crippen LogP contribution in [-0.2, 0) is 11.3 Å². The van der Waals surface area contributed by atoms with Crippen LogP contribution in [0.3, 0.4) is 0 Å². The molecule has 33 heavy (non-hydrogen) atoms. The second-order valence-electron chi connectivity index (χ2n) is 8.31. The fourth-order valence-electron chi connectivity index (χ4n) is 3.93. The van der Waals surface area contributed by atoms with Crippen LogP contribution in [0.5, 0.6) is 5.75 Å². The Kier molecular flexibility index (Phi) is 6.46. The van der Waals surface area contributed by atoms with Gasteiger partial charge in [0.25, 0.3) is 11.5 Å². The zero-order chi connectivity index (χ0) is 23.5. The van der Waals surface area contributed by atoms with Crippen molar-refractivity contribution in [3.8, 4) is 17.1 Å². The van der Waals surface area contributed by atoms with Crippen molar-refractivity contribution in [1.29, 1.82) is 0 Å². The first-order valence-corrected chi connectivity index (χ1v) is 10.9. The molecule has 0 aliphatic carbocycles. The first-order valence-electron chi connectivity index (χ1n) is 10.9. The summed E-state index contributed by atoms with van der Waals surface area (Å²) < 4.78 is 5.44. The minimum absolute atomic E-state index is 0.239. The zero-order valence-corrected chi connectivity index (χ0v) is 19.1. The number of aryl methyl sites for hydroxylation is 2. The number of morpholine rings is 1. The van der Waals surface area contributed by atoms with Gasteiger partial charge in [-0.25, -0.2) is 4.98 Å². The van der Waals surface area contributed by atoms with E-state index < -0.39 is 17.2 Å². The Labute approximate surface area is 192 Å². The molecule has 2 heterocycles. The minimum Gasteiger partial charge on any atom is -0.501 e. The number of carbonyl (C=O) groups is 1. The fourth-order valence-corrected chi connectivity index (χ4v) is 3.93. The molecule has 8 heteroatoms. The third-order valence-corrected chi connectivity index (χ3v) is 5.95. The van der Waals surface area contributed by atoms with Gasteiger partial charge in [-0.05, 0) is 42.7 Å². The lowest BCUT2D eigenvalue weighted by Gasteiger charge is -2.30. The number of hydrogen-bond donors (Lipinski definition) is 2. The molecule has 1 aromatic heterocycles. The van der Waals surface area contributed by atoms with Crippen molar-refractivity contribution in [3.63, 3.8) is 0 Å². The average molecular weight is 449 g/mol. The summed E-state index contributed by atoms with van der Waals surface area (Å²) >= 11 is 0. The highest BCUT2D eigenvalue weighted by molar-refractivity contribution is 5.95. The molecule has 0 radical (unpaired) electrons. The summed E-state index contributed by atoms with van der Waals surface area (Å²) in [4.78, 5) is 36.3. The number of nitrogens with one attached hydrogen (secondary N) is 1. The second kappa shape index (κ2) is 9.46. The molecule has 0 atom stereocenters. The van der Waals surface area contributed by atoms with Gasteiger partial charge in [0.1, 0.15) is 5.82 Å². The van der Waals surface area contributed by atoms with Gasteiger partial charge in [0, 0.05) is 37.9 Å². The molecular formula is C25H28N4O4. The van der Waals surface area contributed by atoms with Crippen LogP contribution in [0.15, 0.2) is 47.3 Å². The predicted molar refractivity (Wildman–Crippen MR) is 127 cm³/mol. The normalized spacial score (nSPS) is 13.7. The van der Waals surface area contributed by atoms with Crippen LogP contribution >= 0.6 is 0 Å². The van der Waals surface area contributed by atoms with E-state index in [2.05, 4.69) is 14.9 Å². The molecule has 1 aliphatic rings. The van der Waals surface area contributed by atoms with E-state index in [4.69, 9.17) is 4.74 Å². The van der Waals surface area contributed by atoms with Crippen molar-refractivity contribution >= 4 is 11.6 Å². The van der Waals surface area contributed by atoms with Crippen molar-refractivity contribution in [3.05, 3.63) is 75.2 Å². The first kappa shape index (κ1) is 22.5. The lowest BCUT2D eigenvalue weighted by molar-refractivity contribution is 0.0775. The highest BCUT2D eigenvalue weighted by Gasteiger charge is 2.24. The number of carbonyl (C=O) groups excluding carboxylic acids is 1. The molecule has 1 fully saturated rings. The van der Waals surface area contributed by atoms with Gasteiger partial charge in [-0.3, -0.25) is 9.59 Å². The fraction of sp³-hybridized carbons (Fsp3) is 0.320. The number of nitrogens with zero attached hydrogens (tertiary/aromatic N) is 3. The molecular weight excluding hydrogens is 420 g/mol. The minimum atomic E-state index is -0.750. The number of H-pyrrole nitrogens is 1. The van der Waals surface area contributed by atoms with Crippen LogP contribution in [0.2, 0.25) is 0 Å². The Morgan fingerprint density at radius 3 is 2.61 bits per heavy atom. The van der Waals surface area contributed by atoms with Gasteiger partial charge in [0.05, 0.1) is 13.2 Å². The van der Waals surface area contributed by atoms with Crippen molar-refractivity contribution < 1.29 is 14.6 Å². The number of aromatic nitrogens is 2. The van der Waals surface area contributed by atoms with Gasteiger partial charge in [-0.1, -0.05) is 30.3 Å². The quantitative estimate of drug-likeness (QED) is 0.623. The van der Waals surface area contributed by atoms with Crippen LogP contribution in [0, 0.1) is 13.8 Å². The molecule has 2 N–H and O–H groups in total. The van der Waals surface area contributed by atoms with Crippen LogP contribution < -0.4 is 10.5 Å². The number of hydrogen-bond acceptors (Lipinski definition) is 6. The predicted octanol–water partition coefficient (Wildman–Crippen LogP) is 2.87.